The van der Waals surface area contributed by atoms with Crippen LogP contribution in [0.3, 0.4) is 0 Å². The van der Waals surface area contributed by atoms with Crippen LogP contribution in [0, 0.1) is 0 Å². The van der Waals surface area contributed by atoms with Gasteiger partial charge in [-0.25, -0.2) is 0 Å². The number of aliphatic hydroxyl groups excluding tert-OH is 2. The van der Waals surface area contributed by atoms with E-state index in [0.717, 1.165) is 17.6 Å². The van der Waals surface area contributed by atoms with Gasteiger partial charge in [-0.15, -0.1) is 0 Å². The first kappa shape index (κ1) is 32.4. The Bertz CT molecular complexity index is 526. The second-order valence-electron chi connectivity index (χ2n) is 10.4. The zero-order chi connectivity index (χ0) is 23.5. The summed E-state index contributed by atoms with van der Waals surface area (Å²) in [5.41, 5.74) is 1.29. The number of quaternary nitrogens is 1. The lowest BCUT2D eigenvalue weighted by Gasteiger charge is -2.41. The number of benzene rings is 1. The zero-order valence-electron chi connectivity index (χ0n) is 22.0. The highest BCUT2D eigenvalue weighted by atomic mass is 35.5. The van der Waals surface area contributed by atoms with Gasteiger partial charge in [0.15, 0.2) is 0 Å². The highest BCUT2D eigenvalue weighted by Gasteiger charge is 2.30. The Morgan fingerprint density at radius 1 is 0.636 bits per heavy atom. The van der Waals surface area contributed by atoms with Gasteiger partial charge in [-0.3, -0.25) is 0 Å². The molecule has 4 heteroatoms. The van der Waals surface area contributed by atoms with Crippen LogP contribution in [0.5, 0.6) is 0 Å². The molecule has 0 bridgehead atoms. The van der Waals surface area contributed by atoms with Crippen LogP contribution >= 0.6 is 0 Å². The van der Waals surface area contributed by atoms with Crippen molar-refractivity contribution in [2.45, 2.75) is 129 Å². The molecule has 0 aliphatic heterocycles. The van der Waals surface area contributed by atoms with Crippen molar-refractivity contribution in [3.05, 3.63) is 35.9 Å². The van der Waals surface area contributed by atoms with E-state index in [-0.39, 0.29) is 24.6 Å². The Hall–Kier alpha value is -0.610. The predicted molar refractivity (Wildman–Crippen MR) is 139 cm³/mol. The van der Waals surface area contributed by atoms with Crippen LogP contribution < -0.4 is 12.4 Å². The molecule has 1 rings (SSSR count). The largest absolute Gasteiger partial charge is 1.00 e. The van der Waals surface area contributed by atoms with Gasteiger partial charge in [-0.05, 0) is 26.7 Å². The maximum absolute atomic E-state index is 10.2. The molecule has 0 aliphatic rings. The van der Waals surface area contributed by atoms with Crippen LogP contribution in [0.15, 0.2) is 30.3 Å². The van der Waals surface area contributed by atoms with Gasteiger partial charge >= 0.3 is 0 Å². The van der Waals surface area contributed by atoms with Crippen LogP contribution in [-0.2, 0) is 6.54 Å². The third-order valence-electron chi connectivity index (χ3n) is 6.65. The number of halogens is 1. The summed E-state index contributed by atoms with van der Waals surface area (Å²) in [6.07, 6.45) is 18.4. The molecule has 2 unspecified atom stereocenters. The van der Waals surface area contributed by atoms with Crippen LogP contribution in [0.4, 0.5) is 0 Å². The molecule has 0 fully saturated rings. The summed E-state index contributed by atoms with van der Waals surface area (Å²) in [6.45, 7) is 9.37. The Labute approximate surface area is 212 Å². The zero-order valence-corrected chi connectivity index (χ0v) is 22.7. The molecule has 0 aliphatic carbocycles. The first-order valence-corrected chi connectivity index (χ1v) is 13.7. The van der Waals surface area contributed by atoms with Crippen molar-refractivity contribution in [3.8, 4) is 0 Å². The predicted octanol–water partition coefficient (Wildman–Crippen LogP) is 4.25. The lowest BCUT2D eigenvalue weighted by Crippen LogP contribution is -3.00. The fourth-order valence-corrected chi connectivity index (χ4v) is 5.20. The maximum Gasteiger partial charge on any atom is 0.105 e. The molecule has 2 atom stereocenters. The quantitative estimate of drug-likeness (QED) is 0.203. The van der Waals surface area contributed by atoms with E-state index in [1.165, 1.54) is 95.5 Å². The molecule has 0 heterocycles. The lowest BCUT2D eigenvalue weighted by atomic mass is 10.0. The van der Waals surface area contributed by atoms with E-state index in [4.69, 9.17) is 0 Å². The standard InChI is InChI=1S/C29H54NO2.ClH/c1-4-5-6-7-8-9-10-11-12-13-14-15-16-20-23-30(24-27(2)31,25-28(3)32)26-29-21-18-17-19-22-29;/h17-19,21-22,27-28,31-32H,4-16,20,23-26H2,1-3H3;1H/q+1;/p-1. The molecule has 3 nitrogen and oxygen atoms in total. The highest BCUT2D eigenvalue weighted by Crippen LogP contribution is 2.20. The van der Waals surface area contributed by atoms with Crippen LogP contribution in [0.1, 0.15) is 116 Å². The topological polar surface area (TPSA) is 40.5 Å². The Morgan fingerprint density at radius 3 is 1.42 bits per heavy atom. The number of rotatable bonds is 21. The molecule has 1 aromatic rings. The molecular formula is C29H54ClNO2. The van der Waals surface area contributed by atoms with Crippen LogP contribution in [0.25, 0.3) is 0 Å². The summed E-state index contributed by atoms with van der Waals surface area (Å²) >= 11 is 0. The molecular weight excluding hydrogens is 430 g/mol. The summed E-state index contributed by atoms with van der Waals surface area (Å²) in [5, 5.41) is 20.4. The summed E-state index contributed by atoms with van der Waals surface area (Å²) in [7, 11) is 0. The molecule has 1 aromatic carbocycles. The average Bonchev–Trinajstić information content (AvgIpc) is 2.73. The molecule has 0 saturated carbocycles. The number of hydrogen-bond acceptors (Lipinski definition) is 2. The minimum absolute atomic E-state index is 0. The van der Waals surface area contributed by atoms with Crippen LogP contribution in [0.2, 0.25) is 0 Å². The lowest BCUT2D eigenvalue weighted by molar-refractivity contribution is -0.946. The van der Waals surface area contributed by atoms with Gasteiger partial charge in [0.25, 0.3) is 0 Å². The molecule has 2 N–H and O–H groups in total. The van der Waals surface area contributed by atoms with E-state index < -0.39 is 0 Å². The van der Waals surface area contributed by atoms with Crippen molar-refractivity contribution in [2.24, 2.45) is 0 Å². The summed E-state index contributed by atoms with van der Waals surface area (Å²) < 4.78 is 0.775. The van der Waals surface area contributed by atoms with Crippen LogP contribution in [-0.4, -0.2) is 46.5 Å². The average molecular weight is 484 g/mol. The third-order valence-corrected chi connectivity index (χ3v) is 6.65. The third kappa shape index (κ3) is 17.5. The van der Waals surface area contributed by atoms with Crippen molar-refractivity contribution < 1.29 is 27.1 Å². The monoisotopic (exact) mass is 483 g/mol. The second kappa shape index (κ2) is 20.7. The van der Waals surface area contributed by atoms with Crippen molar-refractivity contribution in [1.29, 1.82) is 0 Å². The molecule has 0 saturated heterocycles. The summed E-state index contributed by atoms with van der Waals surface area (Å²) in [4.78, 5) is 0. The van der Waals surface area contributed by atoms with Gasteiger partial charge in [0, 0.05) is 5.56 Å². The van der Waals surface area contributed by atoms with Crippen molar-refractivity contribution >= 4 is 0 Å². The Kier molecular flexibility index (Phi) is 20.4. The minimum Gasteiger partial charge on any atom is -1.00 e. The molecule has 194 valence electrons. The van der Waals surface area contributed by atoms with Gasteiger partial charge in [0.05, 0.1) is 6.54 Å². The summed E-state index contributed by atoms with van der Waals surface area (Å²) in [5.74, 6) is 0. The van der Waals surface area contributed by atoms with Gasteiger partial charge in [-0.2, -0.15) is 0 Å². The normalized spacial score (nSPS) is 14.9. The van der Waals surface area contributed by atoms with E-state index in [1.807, 2.05) is 13.8 Å². The van der Waals surface area contributed by atoms with Gasteiger partial charge < -0.3 is 27.1 Å². The van der Waals surface area contributed by atoms with E-state index >= 15 is 0 Å². The second-order valence-corrected chi connectivity index (χ2v) is 10.4. The molecule has 0 aromatic heterocycles. The van der Waals surface area contributed by atoms with E-state index in [2.05, 4.69) is 37.3 Å². The number of aliphatic hydroxyl groups is 2. The van der Waals surface area contributed by atoms with Gasteiger partial charge in [0.1, 0.15) is 31.8 Å². The molecule has 0 radical (unpaired) electrons. The maximum atomic E-state index is 10.2. The first-order chi connectivity index (χ1) is 15.5. The first-order valence-electron chi connectivity index (χ1n) is 13.7. The minimum atomic E-state index is -0.357. The summed E-state index contributed by atoms with van der Waals surface area (Å²) in [6, 6.07) is 10.6. The fraction of sp³-hybridized carbons (Fsp3) is 0.793. The van der Waals surface area contributed by atoms with E-state index in [9.17, 15) is 10.2 Å². The Balaban J connectivity index is 0.0000102. The van der Waals surface area contributed by atoms with Gasteiger partial charge in [-0.1, -0.05) is 114 Å². The number of hydrogen-bond donors (Lipinski definition) is 2. The molecule has 33 heavy (non-hydrogen) atoms. The highest BCUT2D eigenvalue weighted by molar-refractivity contribution is 5.13. The van der Waals surface area contributed by atoms with E-state index in [0.29, 0.717) is 13.1 Å². The number of unbranched alkanes of at least 4 members (excludes halogenated alkanes) is 13. The SMILES string of the molecule is CCCCCCCCCCCCCCCC[N+](Cc1ccccc1)(CC(C)O)CC(C)O.[Cl-]. The van der Waals surface area contributed by atoms with Crippen molar-refractivity contribution in [1.82, 2.24) is 0 Å². The van der Waals surface area contributed by atoms with E-state index in [1.54, 1.807) is 0 Å². The fourth-order valence-electron chi connectivity index (χ4n) is 5.20. The van der Waals surface area contributed by atoms with Crippen molar-refractivity contribution in [2.75, 3.05) is 19.6 Å². The van der Waals surface area contributed by atoms with Crippen molar-refractivity contribution in [3.63, 3.8) is 0 Å². The number of nitrogens with zero attached hydrogens (tertiary/aromatic N) is 1. The Morgan fingerprint density at radius 2 is 1.03 bits per heavy atom. The van der Waals surface area contributed by atoms with Gasteiger partial charge in [0.2, 0.25) is 0 Å². The smallest absolute Gasteiger partial charge is 0.105 e. The molecule has 0 spiro atoms. The molecule has 0 amide bonds.